The standard InChI is InChI=1S/C12H24N2/c1-9(2)4-10(3)14-7-11-5-13-6-12(11)8-14/h9-13H,4-8H2,1-3H3/t10?,11-,12+. The van der Waals surface area contributed by atoms with Crippen molar-refractivity contribution in [2.24, 2.45) is 17.8 Å². The van der Waals surface area contributed by atoms with Crippen LogP contribution in [0.15, 0.2) is 0 Å². The van der Waals surface area contributed by atoms with E-state index in [1.54, 1.807) is 0 Å². The third-order valence-electron chi connectivity index (χ3n) is 3.85. The molecule has 1 N–H and O–H groups in total. The third kappa shape index (κ3) is 2.12. The Labute approximate surface area is 88.1 Å². The highest BCUT2D eigenvalue weighted by atomic mass is 15.2. The van der Waals surface area contributed by atoms with Crippen LogP contribution in [0.25, 0.3) is 0 Å². The van der Waals surface area contributed by atoms with Crippen LogP contribution >= 0.6 is 0 Å². The zero-order valence-corrected chi connectivity index (χ0v) is 9.79. The maximum atomic E-state index is 3.50. The second-order valence-corrected chi connectivity index (χ2v) is 5.61. The van der Waals surface area contributed by atoms with Gasteiger partial charge in [0.05, 0.1) is 0 Å². The predicted octanol–water partition coefficient (Wildman–Crippen LogP) is 1.57. The molecule has 2 aliphatic heterocycles. The summed E-state index contributed by atoms with van der Waals surface area (Å²) < 4.78 is 0. The van der Waals surface area contributed by atoms with Crippen molar-refractivity contribution in [2.45, 2.75) is 33.2 Å². The quantitative estimate of drug-likeness (QED) is 0.737. The molecule has 1 unspecified atom stereocenters. The summed E-state index contributed by atoms with van der Waals surface area (Å²) in [6.45, 7) is 12.3. The van der Waals surface area contributed by atoms with Gasteiger partial charge in [-0.15, -0.1) is 0 Å². The van der Waals surface area contributed by atoms with Gasteiger partial charge in [0.15, 0.2) is 0 Å². The Morgan fingerprint density at radius 3 is 2.21 bits per heavy atom. The van der Waals surface area contributed by atoms with E-state index in [2.05, 4.69) is 31.0 Å². The molecule has 2 aliphatic rings. The van der Waals surface area contributed by atoms with Gasteiger partial charge in [0.1, 0.15) is 0 Å². The Morgan fingerprint density at radius 1 is 1.14 bits per heavy atom. The van der Waals surface area contributed by atoms with Gasteiger partial charge in [0.2, 0.25) is 0 Å². The molecule has 2 heteroatoms. The summed E-state index contributed by atoms with van der Waals surface area (Å²) in [4.78, 5) is 2.70. The Bertz CT molecular complexity index is 179. The van der Waals surface area contributed by atoms with Gasteiger partial charge in [0.25, 0.3) is 0 Å². The third-order valence-corrected chi connectivity index (χ3v) is 3.85. The van der Waals surface area contributed by atoms with Crippen LogP contribution in [0.2, 0.25) is 0 Å². The van der Waals surface area contributed by atoms with E-state index in [4.69, 9.17) is 0 Å². The molecule has 0 spiro atoms. The van der Waals surface area contributed by atoms with E-state index in [-0.39, 0.29) is 0 Å². The van der Waals surface area contributed by atoms with Gasteiger partial charge in [-0.3, -0.25) is 4.90 Å². The molecule has 2 rings (SSSR count). The Morgan fingerprint density at radius 2 is 1.71 bits per heavy atom. The van der Waals surface area contributed by atoms with E-state index in [1.807, 2.05) is 0 Å². The maximum Gasteiger partial charge on any atom is 0.00696 e. The molecule has 0 amide bonds. The summed E-state index contributed by atoms with van der Waals surface area (Å²) >= 11 is 0. The average molecular weight is 196 g/mol. The molecular formula is C12H24N2. The highest BCUT2D eigenvalue weighted by Crippen LogP contribution is 2.28. The van der Waals surface area contributed by atoms with Crippen LogP contribution in [0.1, 0.15) is 27.2 Å². The summed E-state index contributed by atoms with van der Waals surface area (Å²) in [5.74, 6) is 2.73. The lowest BCUT2D eigenvalue weighted by molar-refractivity contribution is 0.214. The molecule has 0 bridgehead atoms. The van der Waals surface area contributed by atoms with Gasteiger partial charge < -0.3 is 5.32 Å². The number of nitrogens with zero attached hydrogens (tertiary/aromatic N) is 1. The maximum absolute atomic E-state index is 3.50. The molecule has 2 fully saturated rings. The van der Waals surface area contributed by atoms with Gasteiger partial charge in [-0.1, -0.05) is 13.8 Å². The molecule has 3 atom stereocenters. The minimum absolute atomic E-state index is 0.792. The molecule has 0 radical (unpaired) electrons. The van der Waals surface area contributed by atoms with Gasteiger partial charge in [-0.25, -0.2) is 0 Å². The largest absolute Gasteiger partial charge is 0.316 e. The first kappa shape index (κ1) is 10.4. The second kappa shape index (κ2) is 4.19. The minimum Gasteiger partial charge on any atom is -0.316 e. The Balaban J connectivity index is 1.83. The van der Waals surface area contributed by atoms with Crippen LogP contribution in [-0.4, -0.2) is 37.1 Å². The highest BCUT2D eigenvalue weighted by Gasteiger charge is 2.37. The van der Waals surface area contributed by atoms with Crippen LogP contribution in [0.4, 0.5) is 0 Å². The van der Waals surface area contributed by atoms with Crippen molar-refractivity contribution in [3.63, 3.8) is 0 Å². The van der Waals surface area contributed by atoms with Gasteiger partial charge in [0, 0.05) is 19.1 Å². The van der Waals surface area contributed by atoms with E-state index in [1.165, 1.54) is 32.6 Å². The number of rotatable bonds is 3. The molecule has 2 nitrogen and oxygen atoms in total. The zero-order valence-electron chi connectivity index (χ0n) is 9.79. The summed E-state index contributed by atoms with van der Waals surface area (Å²) in [7, 11) is 0. The first-order valence-corrected chi connectivity index (χ1v) is 6.11. The van der Waals surface area contributed by atoms with E-state index in [0.29, 0.717) is 0 Å². The lowest BCUT2D eigenvalue weighted by Crippen LogP contribution is -2.34. The smallest absolute Gasteiger partial charge is 0.00696 e. The van der Waals surface area contributed by atoms with Crippen molar-refractivity contribution in [3.8, 4) is 0 Å². The van der Waals surface area contributed by atoms with E-state index < -0.39 is 0 Å². The van der Waals surface area contributed by atoms with Crippen molar-refractivity contribution in [2.75, 3.05) is 26.2 Å². The average Bonchev–Trinajstić information content (AvgIpc) is 2.58. The predicted molar refractivity (Wildman–Crippen MR) is 60.3 cm³/mol. The van der Waals surface area contributed by atoms with Crippen LogP contribution in [-0.2, 0) is 0 Å². The fourth-order valence-corrected chi connectivity index (χ4v) is 3.08. The van der Waals surface area contributed by atoms with Gasteiger partial charge in [-0.05, 0) is 44.2 Å². The molecule has 82 valence electrons. The fourth-order valence-electron chi connectivity index (χ4n) is 3.08. The number of hydrogen-bond acceptors (Lipinski definition) is 2. The first-order valence-electron chi connectivity index (χ1n) is 6.11. The van der Waals surface area contributed by atoms with Crippen molar-refractivity contribution in [1.29, 1.82) is 0 Å². The van der Waals surface area contributed by atoms with Gasteiger partial charge >= 0.3 is 0 Å². The minimum atomic E-state index is 0.792. The lowest BCUT2D eigenvalue weighted by atomic mass is 10.0. The number of likely N-dealkylation sites (tertiary alicyclic amines) is 1. The molecule has 0 saturated carbocycles. The molecule has 0 aliphatic carbocycles. The summed E-state index contributed by atoms with van der Waals surface area (Å²) in [6.07, 6.45) is 1.35. The molecule has 0 aromatic carbocycles. The number of nitrogens with one attached hydrogen (secondary N) is 1. The molecule has 2 heterocycles. The highest BCUT2D eigenvalue weighted by molar-refractivity contribution is 4.92. The zero-order chi connectivity index (χ0) is 10.1. The van der Waals surface area contributed by atoms with Gasteiger partial charge in [-0.2, -0.15) is 0 Å². The normalized spacial score (nSPS) is 35.1. The summed E-state index contributed by atoms with van der Waals surface area (Å²) in [5.41, 5.74) is 0. The monoisotopic (exact) mass is 196 g/mol. The molecule has 2 saturated heterocycles. The van der Waals surface area contributed by atoms with Crippen LogP contribution in [0.3, 0.4) is 0 Å². The molecule has 0 aromatic rings. The van der Waals surface area contributed by atoms with Crippen molar-refractivity contribution >= 4 is 0 Å². The Hall–Kier alpha value is -0.0800. The van der Waals surface area contributed by atoms with E-state index in [0.717, 1.165) is 23.8 Å². The van der Waals surface area contributed by atoms with Crippen molar-refractivity contribution in [1.82, 2.24) is 10.2 Å². The SMILES string of the molecule is CC(C)CC(C)N1C[C@H]2CNC[C@H]2C1. The summed E-state index contributed by atoms with van der Waals surface area (Å²) in [6, 6.07) is 0.792. The number of fused-ring (bicyclic) bond motifs is 1. The lowest BCUT2D eigenvalue weighted by Gasteiger charge is -2.26. The van der Waals surface area contributed by atoms with Crippen molar-refractivity contribution < 1.29 is 0 Å². The fraction of sp³-hybridized carbons (Fsp3) is 1.00. The van der Waals surface area contributed by atoms with Crippen LogP contribution in [0.5, 0.6) is 0 Å². The van der Waals surface area contributed by atoms with Crippen molar-refractivity contribution in [3.05, 3.63) is 0 Å². The van der Waals surface area contributed by atoms with E-state index in [9.17, 15) is 0 Å². The van der Waals surface area contributed by atoms with E-state index >= 15 is 0 Å². The second-order valence-electron chi connectivity index (χ2n) is 5.61. The molecule has 0 aromatic heterocycles. The summed E-state index contributed by atoms with van der Waals surface area (Å²) in [5, 5.41) is 3.50. The number of hydrogen-bond donors (Lipinski definition) is 1. The molecule has 14 heavy (non-hydrogen) atoms. The van der Waals surface area contributed by atoms with Crippen LogP contribution in [0, 0.1) is 17.8 Å². The topological polar surface area (TPSA) is 15.3 Å². The van der Waals surface area contributed by atoms with Crippen LogP contribution < -0.4 is 5.32 Å². The first-order chi connectivity index (χ1) is 6.66. The Kier molecular flexibility index (Phi) is 3.13. The molecular weight excluding hydrogens is 172 g/mol.